The molecule has 1 amide bonds. The van der Waals surface area contributed by atoms with Crippen molar-refractivity contribution in [3.8, 4) is 5.75 Å². The zero-order valence-corrected chi connectivity index (χ0v) is 17.5. The molecule has 0 heterocycles. The maximum absolute atomic E-state index is 12.3. The fraction of sp³-hybridized carbons (Fsp3) is 0.222. The van der Waals surface area contributed by atoms with Gasteiger partial charge < -0.3 is 10.1 Å². The van der Waals surface area contributed by atoms with Crippen LogP contribution in [-0.4, -0.2) is 17.1 Å². The highest BCUT2D eigenvalue weighted by molar-refractivity contribution is 14.1. The molecule has 2 rings (SSSR count). The molecule has 0 fully saturated rings. The summed E-state index contributed by atoms with van der Waals surface area (Å²) < 4.78 is 6.71. The summed E-state index contributed by atoms with van der Waals surface area (Å²) >= 11 is 13.5. The minimum Gasteiger partial charge on any atom is -0.491 e. The SMILES string of the molecule is CCC(C)Oc1ccc(C(=O)NC(=S)Nc2ccc(I)cc2Cl)cc1. The van der Waals surface area contributed by atoms with E-state index in [9.17, 15) is 4.79 Å². The smallest absolute Gasteiger partial charge is 0.257 e. The van der Waals surface area contributed by atoms with Gasteiger partial charge >= 0.3 is 0 Å². The number of anilines is 1. The topological polar surface area (TPSA) is 50.4 Å². The maximum atomic E-state index is 12.3. The van der Waals surface area contributed by atoms with Crippen LogP contribution < -0.4 is 15.4 Å². The van der Waals surface area contributed by atoms with E-state index in [4.69, 9.17) is 28.6 Å². The second-order valence-electron chi connectivity index (χ2n) is 5.39. The zero-order chi connectivity index (χ0) is 18.4. The number of ether oxygens (including phenoxy) is 1. The first-order chi connectivity index (χ1) is 11.9. The predicted octanol–water partition coefficient (Wildman–Crippen LogP) is 5.25. The van der Waals surface area contributed by atoms with Gasteiger partial charge in [0.05, 0.1) is 16.8 Å². The maximum Gasteiger partial charge on any atom is 0.257 e. The molecular formula is C18H18ClIN2O2S. The molecule has 0 aliphatic carbocycles. The highest BCUT2D eigenvalue weighted by atomic mass is 127. The molecular weight excluding hydrogens is 471 g/mol. The van der Waals surface area contributed by atoms with E-state index in [2.05, 4.69) is 40.1 Å². The molecule has 0 radical (unpaired) electrons. The highest BCUT2D eigenvalue weighted by Gasteiger charge is 2.10. The standard InChI is InChI=1S/C18H18ClIN2O2S/c1-3-11(2)24-14-7-4-12(5-8-14)17(23)22-18(25)21-16-9-6-13(20)10-15(16)19/h4-11H,3H2,1-2H3,(H2,21,22,23,25). The summed E-state index contributed by atoms with van der Waals surface area (Å²) in [6.45, 7) is 4.06. The van der Waals surface area contributed by atoms with Gasteiger partial charge in [-0.2, -0.15) is 0 Å². The second-order valence-corrected chi connectivity index (χ2v) is 7.45. The summed E-state index contributed by atoms with van der Waals surface area (Å²) in [6.07, 6.45) is 1.05. The van der Waals surface area contributed by atoms with Crippen LogP contribution >= 0.6 is 46.4 Å². The van der Waals surface area contributed by atoms with Crippen LogP contribution in [0.25, 0.3) is 0 Å². The van der Waals surface area contributed by atoms with Crippen molar-refractivity contribution in [2.24, 2.45) is 0 Å². The fourth-order valence-electron chi connectivity index (χ4n) is 1.92. The van der Waals surface area contributed by atoms with Gasteiger partial charge in [-0.25, -0.2) is 0 Å². The van der Waals surface area contributed by atoms with E-state index in [1.165, 1.54) is 0 Å². The van der Waals surface area contributed by atoms with E-state index < -0.39 is 0 Å². The van der Waals surface area contributed by atoms with Gasteiger partial charge in [-0.1, -0.05) is 18.5 Å². The lowest BCUT2D eigenvalue weighted by Gasteiger charge is -2.13. The molecule has 0 saturated carbocycles. The molecule has 0 aliphatic heterocycles. The quantitative estimate of drug-likeness (QED) is 0.446. The summed E-state index contributed by atoms with van der Waals surface area (Å²) in [5.74, 6) is 0.437. The van der Waals surface area contributed by atoms with Crippen LogP contribution in [0, 0.1) is 3.57 Å². The van der Waals surface area contributed by atoms with E-state index >= 15 is 0 Å². The molecule has 1 unspecified atom stereocenters. The Morgan fingerprint density at radius 3 is 2.56 bits per heavy atom. The Morgan fingerprint density at radius 1 is 1.28 bits per heavy atom. The normalized spacial score (nSPS) is 11.5. The van der Waals surface area contributed by atoms with Gasteiger partial charge in [-0.15, -0.1) is 0 Å². The van der Waals surface area contributed by atoms with Crippen LogP contribution in [0.2, 0.25) is 5.02 Å². The molecule has 1 atom stereocenters. The lowest BCUT2D eigenvalue weighted by Crippen LogP contribution is -2.34. The molecule has 2 aromatic rings. The molecule has 25 heavy (non-hydrogen) atoms. The number of hydrogen-bond acceptors (Lipinski definition) is 3. The van der Waals surface area contributed by atoms with Gasteiger partial charge in [0.1, 0.15) is 5.75 Å². The third-order valence-electron chi connectivity index (χ3n) is 3.44. The van der Waals surface area contributed by atoms with Gasteiger partial charge in [0, 0.05) is 9.13 Å². The van der Waals surface area contributed by atoms with Crippen molar-refractivity contribution in [1.29, 1.82) is 0 Å². The second kappa shape index (κ2) is 9.35. The van der Waals surface area contributed by atoms with E-state index in [1.807, 2.05) is 25.1 Å². The van der Waals surface area contributed by atoms with Crippen LogP contribution in [0.15, 0.2) is 42.5 Å². The number of carbonyl (C=O) groups excluding carboxylic acids is 1. The van der Waals surface area contributed by atoms with Crippen molar-refractivity contribution in [2.45, 2.75) is 26.4 Å². The number of nitrogens with one attached hydrogen (secondary N) is 2. The van der Waals surface area contributed by atoms with Crippen molar-refractivity contribution in [1.82, 2.24) is 5.32 Å². The molecule has 2 aromatic carbocycles. The summed E-state index contributed by atoms with van der Waals surface area (Å²) in [7, 11) is 0. The minimum atomic E-state index is -0.297. The lowest BCUT2D eigenvalue weighted by atomic mass is 10.2. The Balaban J connectivity index is 1.95. The summed E-state index contributed by atoms with van der Waals surface area (Å²) in [5, 5.41) is 6.29. The van der Waals surface area contributed by atoms with Gasteiger partial charge in [0.15, 0.2) is 5.11 Å². The molecule has 2 N–H and O–H groups in total. The number of carbonyl (C=O) groups is 1. The van der Waals surface area contributed by atoms with Crippen molar-refractivity contribution in [3.63, 3.8) is 0 Å². The monoisotopic (exact) mass is 488 g/mol. The molecule has 132 valence electrons. The fourth-order valence-corrected chi connectivity index (χ4v) is 3.03. The third-order valence-corrected chi connectivity index (χ3v) is 4.62. The first-order valence-electron chi connectivity index (χ1n) is 7.73. The molecule has 4 nitrogen and oxygen atoms in total. The Kier molecular flexibility index (Phi) is 7.46. The number of amides is 1. The Morgan fingerprint density at radius 2 is 1.96 bits per heavy atom. The molecule has 0 bridgehead atoms. The number of hydrogen-bond donors (Lipinski definition) is 2. The molecule has 7 heteroatoms. The van der Waals surface area contributed by atoms with Gasteiger partial charge in [0.2, 0.25) is 0 Å². The van der Waals surface area contributed by atoms with E-state index in [0.717, 1.165) is 15.7 Å². The largest absolute Gasteiger partial charge is 0.491 e. The molecule has 0 aliphatic rings. The Hall–Kier alpha value is -1.38. The van der Waals surface area contributed by atoms with Gasteiger partial charge in [-0.3, -0.25) is 10.1 Å². The summed E-state index contributed by atoms with van der Waals surface area (Å²) in [4.78, 5) is 12.3. The van der Waals surface area contributed by atoms with Crippen LogP contribution in [0.3, 0.4) is 0 Å². The van der Waals surface area contributed by atoms with Gasteiger partial charge in [-0.05, 0) is 90.6 Å². The summed E-state index contributed by atoms with van der Waals surface area (Å²) in [6, 6.07) is 12.5. The molecule has 0 saturated heterocycles. The average Bonchev–Trinajstić information content (AvgIpc) is 2.57. The van der Waals surface area contributed by atoms with E-state index in [0.29, 0.717) is 16.3 Å². The summed E-state index contributed by atoms with van der Waals surface area (Å²) in [5.41, 5.74) is 1.14. The highest BCUT2D eigenvalue weighted by Crippen LogP contribution is 2.23. The Labute approximate surface area is 171 Å². The van der Waals surface area contributed by atoms with Crippen molar-refractivity contribution in [2.75, 3.05) is 5.32 Å². The van der Waals surface area contributed by atoms with Crippen molar-refractivity contribution >= 4 is 63.1 Å². The molecule has 0 aromatic heterocycles. The van der Waals surface area contributed by atoms with Gasteiger partial charge in [0.25, 0.3) is 5.91 Å². The number of thiocarbonyl (C=S) groups is 1. The van der Waals surface area contributed by atoms with Crippen LogP contribution in [0.4, 0.5) is 5.69 Å². The Bertz CT molecular complexity index is 768. The number of halogens is 2. The van der Waals surface area contributed by atoms with Crippen molar-refractivity contribution < 1.29 is 9.53 Å². The third kappa shape index (κ3) is 6.13. The first-order valence-corrected chi connectivity index (χ1v) is 9.59. The van der Waals surface area contributed by atoms with E-state index in [-0.39, 0.29) is 17.1 Å². The molecule has 0 spiro atoms. The number of benzene rings is 2. The van der Waals surface area contributed by atoms with Crippen LogP contribution in [-0.2, 0) is 0 Å². The average molecular weight is 489 g/mol. The number of rotatable bonds is 5. The first kappa shape index (κ1) is 19.9. The van der Waals surface area contributed by atoms with E-state index in [1.54, 1.807) is 24.3 Å². The zero-order valence-electron chi connectivity index (χ0n) is 13.8. The van der Waals surface area contributed by atoms with Crippen LogP contribution in [0.1, 0.15) is 30.6 Å². The predicted molar refractivity (Wildman–Crippen MR) is 115 cm³/mol. The lowest BCUT2D eigenvalue weighted by molar-refractivity contribution is 0.0977. The van der Waals surface area contributed by atoms with Crippen LogP contribution in [0.5, 0.6) is 5.75 Å². The van der Waals surface area contributed by atoms with Crippen molar-refractivity contribution in [3.05, 3.63) is 56.6 Å². The minimum absolute atomic E-state index is 0.134.